The number of hydrogen-bond donors (Lipinski definition) is 1. The van der Waals surface area contributed by atoms with Crippen molar-refractivity contribution in [3.05, 3.63) is 0 Å². The third-order valence-electron chi connectivity index (χ3n) is 5.16. The van der Waals surface area contributed by atoms with E-state index in [0.29, 0.717) is 24.5 Å². The highest BCUT2D eigenvalue weighted by Crippen LogP contribution is 2.39. The fourth-order valence-electron chi connectivity index (χ4n) is 3.99. The molecule has 0 aromatic rings. The second-order valence-electron chi connectivity index (χ2n) is 6.37. The quantitative estimate of drug-likeness (QED) is 0.865. The van der Waals surface area contributed by atoms with Gasteiger partial charge in [0.1, 0.15) is 0 Å². The number of rotatable bonds is 3. The van der Waals surface area contributed by atoms with Crippen LogP contribution in [0.5, 0.6) is 0 Å². The first-order chi connectivity index (χ1) is 9.74. The highest BCUT2D eigenvalue weighted by Gasteiger charge is 2.47. The highest BCUT2D eigenvalue weighted by atomic mass is 32.2. The molecule has 1 spiro atoms. The Balaban J connectivity index is 1.71. The second-order valence-corrected chi connectivity index (χ2v) is 8.30. The molecule has 1 N–H and O–H groups in total. The molecule has 0 radical (unpaired) electrons. The zero-order valence-electron chi connectivity index (χ0n) is 12.4. The van der Waals surface area contributed by atoms with Gasteiger partial charge in [0.15, 0.2) is 5.79 Å². The van der Waals surface area contributed by atoms with Crippen molar-refractivity contribution in [1.29, 1.82) is 0 Å². The van der Waals surface area contributed by atoms with Crippen LogP contribution in [0.15, 0.2) is 0 Å². The van der Waals surface area contributed by atoms with Crippen LogP contribution in [-0.2, 0) is 20.3 Å². The lowest BCUT2D eigenvalue weighted by Gasteiger charge is -2.42. The average molecular weight is 301 g/mol. The summed E-state index contributed by atoms with van der Waals surface area (Å²) >= 11 is 0. The molecule has 1 heterocycles. The van der Waals surface area contributed by atoms with Gasteiger partial charge in [0, 0.05) is 34.9 Å². The minimum atomic E-state index is -0.767. The zero-order valence-corrected chi connectivity index (χ0v) is 13.3. The minimum Gasteiger partial charge on any atom is -0.347 e. The van der Waals surface area contributed by atoms with Gasteiger partial charge in [0.25, 0.3) is 0 Å². The summed E-state index contributed by atoms with van der Waals surface area (Å²) in [5, 5.41) is 3.94. The lowest BCUT2D eigenvalue weighted by atomic mass is 9.89. The summed E-state index contributed by atoms with van der Waals surface area (Å²) in [7, 11) is 1.22. The number of nitrogens with one attached hydrogen (secondary N) is 1. The molecule has 3 unspecified atom stereocenters. The van der Waals surface area contributed by atoms with E-state index in [-0.39, 0.29) is 5.25 Å². The molecule has 0 amide bonds. The van der Waals surface area contributed by atoms with E-state index in [1.54, 1.807) is 0 Å². The normalized spacial score (nSPS) is 36.2. The van der Waals surface area contributed by atoms with Crippen LogP contribution >= 0.6 is 0 Å². The molecule has 3 atom stereocenters. The highest BCUT2D eigenvalue weighted by molar-refractivity contribution is 7.86. The third kappa shape index (κ3) is 2.96. The van der Waals surface area contributed by atoms with Crippen molar-refractivity contribution in [3.63, 3.8) is 0 Å². The van der Waals surface area contributed by atoms with Gasteiger partial charge in [0.2, 0.25) is 0 Å². The van der Waals surface area contributed by atoms with Crippen LogP contribution in [0.25, 0.3) is 0 Å². The van der Waals surface area contributed by atoms with Gasteiger partial charge in [0.05, 0.1) is 18.5 Å². The Kier molecular flexibility index (Phi) is 4.80. The SMILES string of the molecule is CNC1CCC2(CC1S(=O)C1CCCCC1)OCCO2. The van der Waals surface area contributed by atoms with Crippen molar-refractivity contribution in [2.24, 2.45) is 0 Å². The maximum Gasteiger partial charge on any atom is 0.169 e. The molecule has 1 saturated heterocycles. The van der Waals surface area contributed by atoms with E-state index in [2.05, 4.69) is 5.32 Å². The van der Waals surface area contributed by atoms with Crippen LogP contribution in [0, 0.1) is 0 Å². The van der Waals surface area contributed by atoms with Crippen molar-refractivity contribution >= 4 is 10.8 Å². The molecule has 116 valence electrons. The molecular formula is C15H27NO3S. The van der Waals surface area contributed by atoms with Crippen molar-refractivity contribution < 1.29 is 13.7 Å². The van der Waals surface area contributed by atoms with Crippen LogP contribution in [0.2, 0.25) is 0 Å². The van der Waals surface area contributed by atoms with Gasteiger partial charge >= 0.3 is 0 Å². The molecule has 1 aliphatic heterocycles. The monoisotopic (exact) mass is 301 g/mol. The summed E-state index contributed by atoms with van der Waals surface area (Å²) in [6, 6.07) is 0.344. The van der Waals surface area contributed by atoms with Crippen LogP contribution in [0.4, 0.5) is 0 Å². The first kappa shape index (κ1) is 14.9. The zero-order chi connectivity index (χ0) is 14.0. The maximum absolute atomic E-state index is 13.0. The molecule has 5 heteroatoms. The van der Waals surface area contributed by atoms with Crippen LogP contribution in [-0.4, -0.2) is 46.8 Å². The molecule has 0 bridgehead atoms. The van der Waals surface area contributed by atoms with Gasteiger partial charge in [-0.2, -0.15) is 0 Å². The summed E-state index contributed by atoms with van der Waals surface area (Å²) < 4.78 is 24.7. The van der Waals surface area contributed by atoms with Gasteiger partial charge < -0.3 is 14.8 Å². The fourth-order valence-corrected chi connectivity index (χ4v) is 6.30. The van der Waals surface area contributed by atoms with E-state index < -0.39 is 16.6 Å². The van der Waals surface area contributed by atoms with Crippen molar-refractivity contribution in [2.45, 2.75) is 73.7 Å². The van der Waals surface area contributed by atoms with E-state index in [4.69, 9.17) is 9.47 Å². The Morgan fingerprint density at radius 2 is 1.80 bits per heavy atom. The Morgan fingerprint density at radius 1 is 1.10 bits per heavy atom. The van der Waals surface area contributed by atoms with Gasteiger partial charge in [-0.25, -0.2) is 0 Å². The molecule has 2 aliphatic carbocycles. The minimum absolute atomic E-state index is 0.176. The Bertz CT molecular complexity index is 351. The summed E-state index contributed by atoms with van der Waals surface area (Å²) in [4.78, 5) is 0. The first-order valence-electron chi connectivity index (χ1n) is 8.09. The Hall–Kier alpha value is 0.0300. The topological polar surface area (TPSA) is 47.6 Å². The van der Waals surface area contributed by atoms with E-state index in [1.807, 2.05) is 7.05 Å². The molecule has 3 fully saturated rings. The average Bonchev–Trinajstić information content (AvgIpc) is 2.95. The molecule has 2 saturated carbocycles. The van der Waals surface area contributed by atoms with E-state index >= 15 is 0 Å². The van der Waals surface area contributed by atoms with Crippen LogP contribution < -0.4 is 5.32 Å². The number of ether oxygens (including phenoxy) is 2. The summed E-state index contributed by atoms with van der Waals surface area (Å²) in [5.41, 5.74) is 0. The van der Waals surface area contributed by atoms with Crippen molar-refractivity contribution in [3.8, 4) is 0 Å². The van der Waals surface area contributed by atoms with Crippen molar-refractivity contribution in [2.75, 3.05) is 20.3 Å². The van der Waals surface area contributed by atoms with Crippen LogP contribution in [0.3, 0.4) is 0 Å². The van der Waals surface area contributed by atoms with Crippen molar-refractivity contribution in [1.82, 2.24) is 5.32 Å². The van der Waals surface area contributed by atoms with Crippen LogP contribution in [0.1, 0.15) is 51.4 Å². The predicted molar refractivity (Wildman–Crippen MR) is 80.1 cm³/mol. The summed E-state index contributed by atoms with van der Waals surface area (Å²) in [5.74, 6) is -0.428. The molecular weight excluding hydrogens is 274 g/mol. The van der Waals surface area contributed by atoms with Gasteiger partial charge in [-0.05, 0) is 26.3 Å². The molecule has 0 aromatic carbocycles. The number of hydrogen-bond acceptors (Lipinski definition) is 4. The Labute approximate surface area is 124 Å². The van der Waals surface area contributed by atoms with Gasteiger partial charge in [-0.15, -0.1) is 0 Å². The summed E-state index contributed by atoms with van der Waals surface area (Å²) in [6.07, 6.45) is 8.78. The molecule has 4 nitrogen and oxygen atoms in total. The lowest BCUT2D eigenvalue weighted by Crippen LogP contribution is -2.53. The van der Waals surface area contributed by atoms with Gasteiger partial charge in [-0.1, -0.05) is 19.3 Å². The molecule has 3 aliphatic rings. The lowest BCUT2D eigenvalue weighted by molar-refractivity contribution is -0.178. The second kappa shape index (κ2) is 6.42. The van der Waals surface area contributed by atoms with Gasteiger partial charge in [-0.3, -0.25) is 4.21 Å². The predicted octanol–water partition coefficient (Wildman–Crippen LogP) is 1.95. The first-order valence-corrected chi connectivity index (χ1v) is 9.36. The maximum atomic E-state index is 13.0. The molecule has 3 rings (SSSR count). The fraction of sp³-hybridized carbons (Fsp3) is 1.00. The van der Waals surface area contributed by atoms with E-state index in [0.717, 1.165) is 32.1 Å². The molecule has 0 aromatic heterocycles. The largest absolute Gasteiger partial charge is 0.347 e. The summed E-state index contributed by atoms with van der Waals surface area (Å²) in [6.45, 7) is 1.38. The van der Waals surface area contributed by atoms with E-state index in [9.17, 15) is 4.21 Å². The Morgan fingerprint density at radius 3 is 2.45 bits per heavy atom. The molecule has 20 heavy (non-hydrogen) atoms. The van der Waals surface area contributed by atoms with E-state index in [1.165, 1.54) is 19.3 Å². The third-order valence-corrected chi connectivity index (χ3v) is 7.38. The standard InChI is InChI=1S/C15H27NO3S/c1-16-13-7-8-15(18-9-10-19-15)11-14(13)20(17)12-5-3-2-4-6-12/h12-14,16H,2-11H2,1H3. The smallest absolute Gasteiger partial charge is 0.169 e.